The molecule has 2 aliphatic heterocycles. The second-order valence-corrected chi connectivity index (χ2v) is 7.98. The number of hydrogen-bond donors (Lipinski definition) is 1. The van der Waals surface area contributed by atoms with Crippen molar-refractivity contribution in [1.29, 1.82) is 0 Å². The smallest absolute Gasteiger partial charge is 0.262 e. The van der Waals surface area contributed by atoms with E-state index < -0.39 is 6.10 Å². The van der Waals surface area contributed by atoms with Crippen LogP contribution in [-0.4, -0.2) is 55.4 Å². The van der Waals surface area contributed by atoms with Gasteiger partial charge in [-0.1, -0.05) is 42.5 Å². The molecule has 1 atom stereocenters. The van der Waals surface area contributed by atoms with Gasteiger partial charge in [0.25, 0.3) is 5.91 Å². The van der Waals surface area contributed by atoms with Crippen molar-refractivity contribution in [3.05, 3.63) is 66.2 Å². The number of hydrogen-bond acceptors (Lipinski definition) is 4. The Labute approximate surface area is 187 Å². The van der Waals surface area contributed by atoms with Crippen molar-refractivity contribution in [2.45, 2.75) is 18.9 Å². The highest BCUT2D eigenvalue weighted by Crippen LogP contribution is 2.35. The molecule has 2 aromatic carbocycles. The summed E-state index contributed by atoms with van der Waals surface area (Å²) in [6, 6.07) is 17.0. The molecule has 1 N–H and O–H groups in total. The first-order valence-electron chi connectivity index (χ1n) is 10.9. The molecule has 32 heavy (non-hydrogen) atoms. The van der Waals surface area contributed by atoms with Crippen LogP contribution in [0.25, 0.3) is 6.08 Å². The molecule has 0 aromatic heterocycles. The van der Waals surface area contributed by atoms with Gasteiger partial charge in [0.15, 0.2) is 6.10 Å². The Hall–Kier alpha value is -3.61. The van der Waals surface area contributed by atoms with Crippen molar-refractivity contribution in [3.8, 4) is 5.75 Å². The molecule has 0 radical (unpaired) electrons. The third-order valence-electron chi connectivity index (χ3n) is 5.95. The summed E-state index contributed by atoms with van der Waals surface area (Å²) < 4.78 is 5.80. The largest absolute Gasteiger partial charge is 0.477 e. The summed E-state index contributed by atoms with van der Waals surface area (Å²) in [6.45, 7) is 1.23. The van der Waals surface area contributed by atoms with E-state index in [1.54, 1.807) is 29.0 Å². The van der Waals surface area contributed by atoms with E-state index in [1.165, 1.54) is 0 Å². The van der Waals surface area contributed by atoms with Gasteiger partial charge in [0, 0.05) is 32.1 Å². The minimum absolute atomic E-state index is 0.0263. The Morgan fingerprint density at radius 1 is 1.00 bits per heavy atom. The molecule has 0 spiro atoms. The van der Waals surface area contributed by atoms with Crippen LogP contribution in [0.4, 0.5) is 5.69 Å². The first kappa shape index (κ1) is 21.6. The third-order valence-corrected chi connectivity index (χ3v) is 5.95. The molecule has 1 fully saturated rings. The number of benzene rings is 2. The second kappa shape index (κ2) is 9.68. The van der Waals surface area contributed by atoms with Gasteiger partial charge in [0.05, 0.1) is 12.2 Å². The van der Waals surface area contributed by atoms with Gasteiger partial charge in [-0.15, -0.1) is 0 Å². The number of fused-ring (bicyclic) bond motifs is 1. The van der Waals surface area contributed by atoms with E-state index in [9.17, 15) is 14.4 Å². The van der Waals surface area contributed by atoms with Crippen molar-refractivity contribution in [1.82, 2.24) is 10.2 Å². The topological polar surface area (TPSA) is 79.0 Å². The van der Waals surface area contributed by atoms with Gasteiger partial charge < -0.3 is 19.9 Å². The average Bonchev–Trinajstić information content (AvgIpc) is 2.86. The van der Waals surface area contributed by atoms with Gasteiger partial charge in [0.2, 0.25) is 11.8 Å². The lowest BCUT2D eigenvalue weighted by atomic mass is 9.94. The monoisotopic (exact) mass is 433 g/mol. The fraction of sp³-hybridized carbons (Fsp3) is 0.320. The number of likely N-dealkylation sites (N-methyl/N-ethyl adjacent to an activating group) is 1. The molecular formula is C25H27N3O4. The summed E-state index contributed by atoms with van der Waals surface area (Å²) in [6.07, 6.45) is 3.83. The van der Waals surface area contributed by atoms with Crippen molar-refractivity contribution >= 4 is 29.5 Å². The number of ether oxygens (including phenoxy) is 1. The average molecular weight is 434 g/mol. The number of amides is 3. The number of rotatable bonds is 4. The normalized spacial score (nSPS) is 18.7. The van der Waals surface area contributed by atoms with Crippen LogP contribution in [-0.2, 0) is 14.4 Å². The van der Waals surface area contributed by atoms with Crippen LogP contribution in [0, 0.1) is 5.92 Å². The van der Waals surface area contributed by atoms with Crippen LogP contribution in [0.5, 0.6) is 5.75 Å². The SMILES string of the molecule is CNC(=O)[C@@H]1CN(C(=O)C2CCN(C(=O)/C=C\c3ccccc3)CC2)c2ccccc2O1. The molecule has 3 amide bonds. The molecule has 4 rings (SSSR count). The Morgan fingerprint density at radius 3 is 2.41 bits per heavy atom. The lowest BCUT2D eigenvalue weighted by molar-refractivity contribution is -0.132. The van der Waals surface area contributed by atoms with E-state index in [0.29, 0.717) is 37.4 Å². The highest BCUT2D eigenvalue weighted by atomic mass is 16.5. The van der Waals surface area contributed by atoms with Gasteiger partial charge in [-0.2, -0.15) is 0 Å². The first-order valence-corrected chi connectivity index (χ1v) is 10.9. The summed E-state index contributed by atoms with van der Waals surface area (Å²) in [7, 11) is 1.55. The number of nitrogens with one attached hydrogen (secondary N) is 1. The lowest BCUT2D eigenvalue weighted by Gasteiger charge is -2.38. The summed E-state index contributed by atoms with van der Waals surface area (Å²) in [5.41, 5.74) is 1.66. The maximum absolute atomic E-state index is 13.4. The second-order valence-electron chi connectivity index (χ2n) is 7.98. The Morgan fingerprint density at radius 2 is 1.69 bits per heavy atom. The number of para-hydroxylation sites is 2. The summed E-state index contributed by atoms with van der Waals surface area (Å²) in [5.74, 6) is -0.00587. The number of nitrogens with zero attached hydrogens (tertiary/aromatic N) is 2. The maximum atomic E-state index is 13.4. The zero-order chi connectivity index (χ0) is 22.5. The molecule has 166 valence electrons. The quantitative estimate of drug-likeness (QED) is 0.752. The van der Waals surface area contributed by atoms with Gasteiger partial charge in [-0.05, 0) is 36.6 Å². The minimum Gasteiger partial charge on any atom is -0.477 e. The van der Waals surface area contributed by atoms with Crippen LogP contribution in [0.2, 0.25) is 0 Å². The van der Waals surface area contributed by atoms with Crippen molar-refractivity contribution in [2.75, 3.05) is 31.6 Å². The summed E-state index contributed by atoms with van der Waals surface area (Å²) in [5, 5.41) is 2.59. The van der Waals surface area contributed by atoms with E-state index in [-0.39, 0.29) is 30.2 Å². The Bertz CT molecular complexity index is 1010. The zero-order valence-corrected chi connectivity index (χ0v) is 18.1. The van der Waals surface area contributed by atoms with Gasteiger partial charge >= 0.3 is 0 Å². The van der Waals surface area contributed by atoms with Crippen LogP contribution in [0.15, 0.2) is 60.7 Å². The van der Waals surface area contributed by atoms with E-state index in [4.69, 9.17) is 4.74 Å². The number of piperidine rings is 1. The predicted molar refractivity (Wildman–Crippen MR) is 122 cm³/mol. The van der Waals surface area contributed by atoms with Gasteiger partial charge in [-0.3, -0.25) is 14.4 Å². The molecule has 0 bridgehead atoms. The van der Waals surface area contributed by atoms with Crippen LogP contribution >= 0.6 is 0 Å². The predicted octanol–water partition coefficient (Wildman–Crippen LogP) is 2.48. The molecule has 2 aliphatic rings. The number of carbonyl (C=O) groups is 3. The third kappa shape index (κ3) is 4.66. The molecule has 0 aliphatic carbocycles. The standard InChI is InChI=1S/C25H27N3O4/c1-26-24(30)22-17-28(20-9-5-6-10-21(20)32-22)25(31)19-13-15-27(16-14-19)23(29)12-11-18-7-3-2-4-8-18/h2-12,19,22H,13-17H2,1H3,(H,26,30)/b12-11-/t22-/m0/s1. The fourth-order valence-electron chi connectivity index (χ4n) is 4.14. The Balaban J connectivity index is 1.40. The molecule has 7 nitrogen and oxygen atoms in total. The van der Waals surface area contributed by atoms with Gasteiger partial charge in [0.1, 0.15) is 5.75 Å². The zero-order valence-electron chi connectivity index (χ0n) is 18.1. The van der Waals surface area contributed by atoms with Crippen molar-refractivity contribution in [2.24, 2.45) is 5.92 Å². The van der Waals surface area contributed by atoms with Crippen molar-refractivity contribution in [3.63, 3.8) is 0 Å². The molecule has 0 saturated carbocycles. The van der Waals surface area contributed by atoms with E-state index >= 15 is 0 Å². The minimum atomic E-state index is -0.747. The van der Waals surface area contributed by atoms with Crippen molar-refractivity contribution < 1.29 is 19.1 Å². The van der Waals surface area contributed by atoms with Crippen LogP contribution in [0.1, 0.15) is 18.4 Å². The maximum Gasteiger partial charge on any atom is 0.262 e. The van der Waals surface area contributed by atoms with E-state index in [2.05, 4.69) is 5.32 Å². The molecule has 0 unspecified atom stereocenters. The van der Waals surface area contributed by atoms with E-state index in [1.807, 2.05) is 54.6 Å². The van der Waals surface area contributed by atoms with Crippen LogP contribution < -0.4 is 15.0 Å². The lowest BCUT2D eigenvalue weighted by Crippen LogP contribution is -2.52. The number of likely N-dealkylation sites (tertiary alicyclic amines) is 1. The molecular weight excluding hydrogens is 406 g/mol. The first-order chi connectivity index (χ1) is 15.6. The highest BCUT2D eigenvalue weighted by molar-refractivity contribution is 5.99. The summed E-state index contributed by atoms with van der Waals surface area (Å²) in [4.78, 5) is 41.6. The van der Waals surface area contributed by atoms with Gasteiger partial charge in [-0.25, -0.2) is 0 Å². The number of anilines is 1. The molecule has 1 saturated heterocycles. The molecule has 2 heterocycles. The summed E-state index contributed by atoms with van der Waals surface area (Å²) >= 11 is 0. The molecule has 2 aromatic rings. The molecule has 7 heteroatoms. The number of carbonyl (C=O) groups excluding carboxylic acids is 3. The Kier molecular flexibility index (Phi) is 6.54. The fourth-order valence-corrected chi connectivity index (χ4v) is 4.14. The van der Waals surface area contributed by atoms with Crippen LogP contribution in [0.3, 0.4) is 0 Å². The van der Waals surface area contributed by atoms with E-state index in [0.717, 1.165) is 5.56 Å². The highest BCUT2D eigenvalue weighted by Gasteiger charge is 2.37.